The number of ether oxygens (including phenoxy) is 2. The quantitative estimate of drug-likeness (QED) is 0.933. The van der Waals surface area contributed by atoms with Crippen LogP contribution in [0.3, 0.4) is 0 Å². The summed E-state index contributed by atoms with van der Waals surface area (Å²) in [5.74, 6) is 0.555. The molecule has 2 aliphatic rings. The smallest absolute Gasteiger partial charge is 0.231 e. The van der Waals surface area contributed by atoms with Gasteiger partial charge in [-0.05, 0) is 12.5 Å². The standard InChI is InChI=1S/C17H19N3O3/c1-20-9-11(8-18-20)16-14(6-7-22-16)19-17(21)13-10-23-15-5-3-2-4-12(13)15/h2-5,8-9,13-14,16H,6-7,10H2,1H3,(H,19,21)/t13-,14+,16-/m1/s1. The summed E-state index contributed by atoms with van der Waals surface area (Å²) in [6.07, 6.45) is 4.40. The van der Waals surface area contributed by atoms with Gasteiger partial charge in [0.15, 0.2) is 0 Å². The number of hydrogen-bond donors (Lipinski definition) is 1. The maximum Gasteiger partial charge on any atom is 0.231 e. The van der Waals surface area contributed by atoms with Crippen LogP contribution in [0, 0.1) is 0 Å². The monoisotopic (exact) mass is 313 g/mol. The predicted octanol–water partition coefficient (Wildman–Crippen LogP) is 1.54. The van der Waals surface area contributed by atoms with Crippen molar-refractivity contribution in [3.63, 3.8) is 0 Å². The van der Waals surface area contributed by atoms with E-state index in [0.29, 0.717) is 13.2 Å². The zero-order chi connectivity index (χ0) is 15.8. The first-order chi connectivity index (χ1) is 11.2. The minimum Gasteiger partial charge on any atom is -0.492 e. The highest BCUT2D eigenvalue weighted by Crippen LogP contribution is 2.35. The largest absolute Gasteiger partial charge is 0.492 e. The van der Waals surface area contributed by atoms with Gasteiger partial charge in [0, 0.05) is 31.0 Å². The number of hydrogen-bond acceptors (Lipinski definition) is 4. The first kappa shape index (κ1) is 14.3. The van der Waals surface area contributed by atoms with Crippen molar-refractivity contribution in [2.45, 2.75) is 24.5 Å². The molecule has 1 aromatic carbocycles. The molecule has 0 spiro atoms. The molecule has 0 aliphatic carbocycles. The average molecular weight is 313 g/mol. The molecule has 6 heteroatoms. The van der Waals surface area contributed by atoms with Crippen molar-refractivity contribution >= 4 is 5.91 Å². The third-order valence-electron chi connectivity index (χ3n) is 4.49. The Balaban J connectivity index is 1.48. The number of amides is 1. The van der Waals surface area contributed by atoms with Crippen molar-refractivity contribution < 1.29 is 14.3 Å². The molecule has 3 atom stereocenters. The summed E-state index contributed by atoms with van der Waals surface area (Å²) in [4.78, 5) is 12.7. The fraction of sp³-hybridized carbons (Fsp3) is 0.412. The number of aromatic nitrogens is 2. The third kappa shape index (κ3) is 2.59. The topological polar surface area (TPSA) is 65.4 Å². The Hall–Kier alpha value is -2.34. The lowest BCUT2D eigenvalue weighted by atomic mass is 9.98. The van der Waals surface area contributed by atoms with E-state index >= 15 is 0 Å². The molecule has 0 radical (unpaired) electrons. The van der Waals surface area contributed by atoms with Crippen LogP contribution in [0.15, 0.2) is 36.7 Å². The molecule has 0 unspecified atom stereocenters. The Labute approximate surface area is 134 Å². The second kappa shape index (κ2) is 5.70. The molecule has 1 aromatic heterocycles. The molecular weight excluding hydrogens is 294 g/mol. The van der Waals surface area contributed by atoms with Gasteiger partial charge in [-0.15, -0.1) is 0 Å². The number of fused-ring (bicyclic) bond motifs is 1. The van der Waals surface area contributed by atoms with Crippen LogP contribution in [0.5, 0.6) is 5.75 Å². The number of aryl methyl sites for hydroxylation is 1. The summed E-state index contributed by atoms with van der Waals surface area (Å²) in [5.41, 5.74) is 1.96. The van der Waals surface area contributed by atoms with E-state index in [9.17, 15) is 4.79 Å². The second-order valence-corrected chi connectivity index (χ2v) is 6.04. The molecule has 120 valence electrons. The van der Waals surface area contributed by atoms with E-state index in [-0.39, 0.29) is 24.0 Å². The Morgan fingerprint density at radius 2 is 2.26 bits per heavy atom. The van der Waals surface area contributed by atoms with Crippen LogP contribution >= 0.6 is 0 Å². The highest BCUT2D eigenvalue weighted by Gasteiger charge is 2.36. The molecule has 3 heterocycles. The maximum atomic E-state index is 12.7. The zero-order valence-electron chi connectivity index (χ0n) is 12.9. The molecule has 1 amide bonds. The lowest BCUT2D eigenvalue weighted by Crippen LogP contribution is -2.40. The first-order valence-electron chi connectivity index (χ1n) is 7.84. The van der Waals surface area contributed by atoms with Gasteiger partial charge in [-0.2, -0.15) is 5.10 Å². The van der Waals surface area contributed by atoms with Crippen LogP contribution in [-0.4, -0.2) is 34.9 Å². The first-order valence-corrected chi connectivity index (χ1v) is 7.84. The molecule has 2 aliphatic heterocycles. The Morgan fingerprint density at radius 3 is 3.09 bits per heavy atom. The predicted molar refractivity (Wildman–Crippen MR) is 83.1 cm³/mol. The molecule has 0 bridgehead atoms. The highest BCUT2D eigenvalue weighted by molar-refractivity contribution is 5.85. The van der Waals surface area contributed by atoms with E-state index in [1.165, 1.54) is 0 Å². The summed E-state index contributed by atoms with van der Waals surface area (Å²) in [6.45, 7) is 1.04. The van der Waals surface area contributed by atoms with Gasteiger partial charge in [-0.25, -0.2) is 0 Å². The van der Waals surface area contributed by atoms with Crippen LogP contribution in [0.4, 0.5) is 0 Å². The average Bonchev–Trinajstić information content (AvgIpc) is 3.25. The van der Waals surface area contributed by atoms with Gasteiger partial charge in [0.1, 0.15) is 24.4 Å². The maximum absolute atomic E-state index is 12.7. The molecule has 6 nitrogen and oxygen atoms in total. The van der Waals surface area contributed by atoms with Crippen molar-refractivity contribution in [3.8, 4) is 5.75 Å². The molecule has 1 saturated heterocycles. The van der Waals surface area contributed by atoms with Gasteiger partial charge >= 0.3 is 0 Å². The fourth-order valence-corrected chi connectivity index (χ4v) is 3.32. The number of nitrogens with one attached hydrogen (secondary N) is 1. The minimum absolute atomic E-state index is 0.000611. The van der Waals surface area contributed by atoms with E-state index < -0.39 is 0 Å². The molecule has 2 aromatic rings. The summed E-state index contributed by atoms with van der Waals surface area (Å²) in [6, 6.07) is 7.68. The second-order valence-electron chi connectivity index (χ2n) is 6.04. The number of rotatable bonds is 3. The van der Waals surface area contributed by atoms with Gasteiger partial charge in [-0.1, -0.05) is 18.2 Å². The molecular formula is C17H19N3O3. The van der Waals surface area contributed by atoms with Crippen molar-refractivity contribution in [2.24, 2.45) is 7.05 Å². The molecule has 4 rings (SSSR count). The minimum atomic E-state index is -0.249. The Bertz CT molecular complexity index is 727. The van der Waals surface area contributed by atoms with Gasteiger partial charge < -0.3 is 14.8 Å². The van der Waals surface area contributed by atoms with Gasteiger partial charge in [0.2, 0.25) is 5.91 Å². The molecule has 0 saturated carbocycles. The summed E-state index contributed by atoms with van der Waals surface area (Å²) < 4.78 is 13.2. The van der Waals surface area contributed by atoms with E-state index in [1.54, 1.807) is 10.9 Å². The lowest BCUT2D eigenvalue weighted by molar-refractivity contribution is -0.123. The van der Waals surface area contributed by atoms with Crippen molar-refractivity contribution in [1.29, 1.82) is 0 Å². The summed E-state index contributed by atoms with van der Waals surface area (Å²) >= 11 is 0. The number of carbonyl (C=O) groups excluding carboxylic acids is 1. The summed E-state index contributed by atoms with van der Waals surface area (Å²) in [7, 11) is 1.87. The van der Waals surface area contributed by atoms with Gasteiger partial charge in [0.05, 0.1) is 12.2 Å². The Kier molecular flexibility index (Phi) is 3.53. The lowest BCUT2D eigenvalue weighted by Gasteiger charge is -2.20. The van der Waals surface area contributed by atoms with Crippen molar-refractivity contribution in [2.75, 3.05) is 13.2 Å². The number of carbonyl (C=O) groups is 1. The van der Waals surface area contributed by atoms with Crippen LogP contribution in [0.2, 0.25) is 0 Å². The normalized spacial score (nSPS) is 25.9. The van der Waals surface area contributed by atoms with E-state index in [1.807, 2.05) is 37.5 Å². The fourth-order valence-electron chi connectivity index (χ4n) is 3.32. The van der Waals surface area contributed by atoms with E-state index in [4.69, 9.17) is 9.47 Å². The van der Waals surface area contributed by atoms with Crippen LogP contribution in [-0.2, 0) is 16.6 Å². The van der Waals surface area contributed by atoms with Crippen LogP contribution < -0.4 is 10.1 Å². The highest BCUT2D eigenvalue weighted by atomic mass is 16.5. The number of para-hydroxylation sites is 1. The van der Waals surface area contributed by atoms with Gasteiger partial charge in [0.25, 0.3) is 0 Å². The van der Waals surface area contributed by atoms with Crippen LogP contribution in [0.25, 0.3) is 0 Å². The molecule has 1 fully saturated rings. The zero-order valence-corrected chi connectivity index (χ0v) is 12.9. The number of nitrogens with zero attached hydrogens (tertiary/aromatic N) is 2. The molecule has 23 heavy (non-hydrogen) atoms. The van der Waals surface area contributed by atoms with E-state index in [0.717, 1.165) is 23.3 Å². The SMILES string of the molecule is Cn1cc([C@H]2OCC[C@@H]2NC(=O)[C@@H]2COc3ccccc32)cn1. The van der Waals surface area contributed by atoms with Crippen molar-refractivity contribution in [1.82, 2.24) is 15.1 Å². The Morgan fingerprint density at radius 1 is 1.39 bits per heavy atom. The van der Waals surface area contributed by atoms with E-state index in [2.05, 4.69) is 10.4 Å². The van der Waals surface area contributed by atoms with Crippen LogP contribution in [0.1, 0.15) is 29.6 Å². The van der Waals surface area contributed by atoms with Gasteiger partial charge in [-0.3, -0.25) is 9.48 Å². The molecule has 1 N–H and O–H groups in total. The summed E-state index contributed by atoms with van der Waals surface area (Å²) in [5, 5.41) is 7.32. The number of benzene rings is 1. The third-order valence-corrected chi connectivity index (χ3v) is 4.49. The van der Waals surface area contributed by atoms with Crippen molar-refractivity contribution in [3.05, 3.63) is 47.8 Å².